The SMILES string of the molecule is CCCNCc1cc(Br)cnc1Oc1ccccc1F. The zero-order valence-corrected chi connectivity index (χ0v) is 12.8. The predicted molar refractivity (Wildman–Crippen MR) is 80.4 cm³/mol. The van der Waals surface area contributed by atoms with Gasteiger partial charge in [0.15, 0.2) is 11.6 Å². The second-order valence-corrected chi connectivity index (χ2v) is 5.24. The maximum atomic E-state index is 13.6. The topological polar surface area (TPSA) is 34.2 Å². The molecule has 1 aromatic heterocycles. The lowest BCUT2D eigenvalue weighted by Gasteiger charge is -2.11. The summed E-state index contributed by atoms with van der Waals surface area (Å²) in [6.07, 6.45) is 2.68. The number of hydrogen-bond acceptors (Lipinski definition) is 3. The monoisotopic (exact) mass is 338 g/mol. The van der Waals surface area contributed by atoms with Crippen LogP contribution in [0.2, 0.25) is 0 Å². The summed E-state index contributed by atoms with van der Waals surface area (Å²) in [7, 11) is 0. The quantitative estimate of drug-likeness (QED) is 0.798. The maximum absolute atomic E-state index is 13.6. The number of nitrogens with zero attached hydrogens (tertiary/aromatic N) is 1. The Morgan fingerprint density at radius 3 is 2.90 bits per heavy atom. The van der Waals surface area contributed by atoms with Gasteiger partial charge in [0, 0.05) is 22.8 Å². The fourth-order valence-corrected chi connectivity index (χ4v) is 2.10. The predicted octanol–water partition coefficient (Wildman–Crippen LogP) is 4.28. The van der Waals surface area contributed by atoms with E-state index < -0.39 is 5.82 Å². The van der Waals surface area contributed by atoms with Crippen LogP contribution in [0, 0.1) is 5.82 Å². The van der Waals surface area contributed by atoms with Crippen LogP contribution in [0.5, 0.6) is 11.6 Å². The van der Waals surface area contributed by atoms with Gasteiger partial charge in [0.05, 0.1) is 0 Å². The molecule has 0 saturated carbocycles. The molecule has 5 heteroatoms. The molecule has 0 aliphatic carbocycles. The molecule has 0 saturated heterocycles. The largest absolute Gasteiger partial charge is 0.436 e. The molecular weight excluding hydrogens is 323 g/mol. The van der Waals surface area contributed by atoms with E-state index in [1.165, 1.54) is 6.07 Å². The summed E-state index contributed by atoms with van der Waals surface area (Å²) in [5.41, 5.74) is 0.885. The highest BCUT2D eigenvalue weighted by Crippen LogP contribution is 2.27. The lowest BCUT2D eigenvalue weighted by Crippen LogP contribution is -2.14. The first-order valence-electron chi connectivity index (χ1n) is 6.48. The van der Waals surface area contributed by atoms with Crippen LogP contribution >= 0.6 is 15.9 Å². The van der Waals surface area contributed by atoms with Crippen LogP contribution < -0.4 is 10.1 Å². The van der Waals surface area contributed by atoms with E-state index in [-0.39, 0.29) is 5.75 Å². The van der Waals surface area contributed by atoms with Crippen LogP contribution in [0.25, 0.3) is 0 Å². The molecule has 0 bridgehead atoms. The Labute approximate surface area is 126 Å². The molecule has 0 fully saturated rings. The van der Waals surface area contributed by atoms with Crippen molar-refractivity contribution >= 4 is 15.9 Å². The summed E-state index contributed by atoms with van der Waals surface area (Å²) >= 11 is 3.39. The van der Waals surface area contributed by atoms with Gasteiger partial charge in [0.25, 0.3) is 0 Å². The molecule has 0 unspecified atom stereocenters. The van der Waals surface area contributed by atoms with Gasteiger partial charge in [-0.15, -0.1) is 0 Å². The van der Waals surface area contributed by atoms with Gasteiger partial charge in [0.2, 0.25) is 5.88 Å². The van der Waals surface area contributed by atoms with Gasteiger partial charge >= 0.3 is 0 Å². The van der Waals surface area contributed by atoms with E-state index in [2.05, 4.69) is 33.2 Å². The molecule has 3 nitrogen and oxygen atoms in total. The zero-order valence-electron chi connectivity index (χ0n) is 11.2. The van der Waals surface area contributed by atoms with Gasteiger partial charge in [-0.1, -0.05) is 19.1 Å². The third-order valence-electron chi connectivity index (χ3n) is 2.68. The van der Waals surface area contributed by atoms with E-state index in [0.29, 0.717) is 12.4 Å². The normalized spacial score (nSPS) is 10.6. The highest BCUT2D eigenvalue weighted by atomic mass is 79.9. The first-order valence-corrected chi connectivity index (χ1v) is 7.27. The molecule has 0 radical (unpaired) electrons. The van der Waals surface area contributed by atoms with Gasteiger partial charge < -0.3 is 10.1 Å². The van der Waals surface area contributed by atoms with Crippen molar-refractivity contribution in [1.29, 1.82) is 0 Å². The Balaban J connectivity index is 2.20. The maximum Gasteiger partial charge on any atom is 0.223 e. The van der Waals surface area contributed by atoms with Crippen LogP contribution in [0.3, 0.4) is 0 Å². The summed E-state index contributed by atoms with van der Waals surface area (Å²) in [6.45, 7) is 3.64. The lowest BCUT2D eigenvalue weighted by molar-refractivity contribution is 0.420. The van der Waals surface area contributed by atoms with Crippen molar-refractivity contribution < 1.29 is 9.13 Å². The molecule has 1 heterocycles. The molecule has 20 heavy (non-hydrogen) atoms. The molecule has 1 aromatic carbocycles. The van der Waals surface area contributed by atoms with Gasteiger partial charge in [-0.3, -0.25) is 0 Å². The number of ether oxygens (including phenoxy) is 1. The van der Waals surface area contributed by atoms with Crippen molar-refractivity contribution in [2.24, 2.45) is 0 Å². The minimum atomic E-state index is -0.398. The summed E-state index contributed by atoms with van der Waals surface area (Å²) in [5.74, 6) is 0.200. The Morgan fingerprint density at radius 2 is 2.15 bits per heavy atom. The van der Waals surface area contributed by atoms with Crippen molar-refractivity contribution in [3.63, 3.8) is 0 Å². The van der Waals surface area contributed by atoms with Crippen LogP contribution in [0.15, 0.2) is 41.0 Å². The third kappa shape index (κ3) is 4.02. The van der Waals surface area contributed by atoms with E-state index in [9.17, 15) is 4.39 Å². The van der Waals surface area contributed by atoms with Gasteiger partial charge in [-0.05, 0) is 47.1 Å². The molecule has 0 spiro atoms. The first kappa shape index (κ1) is 14.9. The van der Waals surface area contributed by atoms with Crippen molar-refractivity contribution in [2.45, 2.75) is 19.9 Å². The van der Waals surface area contributed by atoms with Gasteiger partial charge in [0.1, 0.15) is 0 Å². The summed E-state index contributed by atoms with van der Waals surface area (Å²) in [6, 6.07) is 8.23. The number of aromatic nitrogens is 1. The van der Waals surface area contributed by atoms with Crippen molar-refractivity contribution in [2.75, 3.05) is 6.54 Å². The van der Waals surface area contributed by atoms with Gasteiger partial charge in [-0.25, -0.2) is 9.37 Å². The van der Waals surface area contributed by atoms with E-state index in [1.807, 2.05) is 6.07 Å². The minimum absolute atomic E-state index is 0.180. The standard InChI is InChI=1S/C15H16BrFN2O/c1-2-7-18-9-11-8-12(16)10-19-15(11)20-14-6-4-3-5-13(14)17/h3-6,8,10,18H,2,7,9H2,1H3. The molecule has 0 atom stereocenters. The molecular formula is C15H16BrFN2O. The lowest BCUT2D eigenvalue weighted by atomic mass is 10.2. The Kier molecular flexibility index (Phi) is 5.49. The summed E-state index contributed by atoms with van der Waals surface area (Å²) < 4.78 is 20.1. The van der Waals surface area contributed by atoms with Crippen LogP contribution in [0.1, 0.15) is 18.9 Å². The number of halogens is 2. The number of pyridine rings is 1. The number of nitrogens with one attached hydrogen (secondary N) is 1. The zero-order chi connectivity index (χ0) is 14.4. The first-order chi connectivity index (χ1) is 9.70. The third-order valence-corrected chi connectivity index (χ3v) is 3.11. The average Bonchev–Trinajstić information content (AvgIpc) is 2.44. The van der Waals surface area contributed by atoms with E-state index in [0.717, 1.165) is 23.0 Å². The van der Waals surface area contributed by atoms with Gasteiger partial charge in [-0.2, -0.15) is 0 Å². The molecule has 2 rings (SSSR count). The van der Waals surface area contributed by atoms with Crippen LogP contribution in [-0.2, 0) is 6.54 Å². The van der Waals surface area contributed by atoms with E-state index >= 15 is 0 Å². The van der Waals surface area contributed by atoms with Crippen molar-refractivity contribution in [3.8, 4) is 11.6 Å². The van der Waals surface area contributed by atoms with Crippen molar-refractivity contribution in [1.82, 2.24) is 10.3 Å². The number of benzene rings is 1. The molecule has 2 aromatic rings. The fraction of sp³-hybridized carbons (Fsp3) is 0.267. The average molecular weight is 339 g/mol. The summed E-state index contributed by atoms with van der Waals surface area (Å²) in [5, 5.41) is 3.28. The summed E-state index contributed by atoms with van der Waals surface area (Å²) in [4.78, 5) is 4.22. The van der Waals surface area contributed by atoms with E-state index in [1.54, 1.807) is 24.4 Å². The Bertz CT molecular complexity index is 578. The molecule has 0 aliphatic rings. The smallest absolute Gasteiger partial charge is 0.223 e. The van der Waals surface area contributed by atoms with Crippen molar-refractivity contribution in [3.05, 3.63) is 52.4 Å². The molecule has 0 aliphatic heterocycles. The Hall–Kier alpha value is -1.46. The highest BCUT2D eigenvalue weighted by molar-refractivity contribution is 9.10. The Morgan fingerprint density at radius 1 is 1.35 bits per heavy atom. The molecule has 106 valence electrons. The molecule has 1 N–H and O–H groups in total. The second kappa shape index (κ2) is 7.36. The number of hydrogen-bond donors (Lipinski definition) is 1. The van der Waals surface area contributed by atoms with E-state index in [4.69, 9.17) is 4.74 Å². The number of rotatable bonds is 6. The second-order valence-electron chi connectivity index (χ2n) is 4.33. The fourth-order valence-electron chi connectivity index (χ4n) is 1.72. The van der Waals surface area contributed by atoms with Crippen LogP contribution in [-0.4, -0.2) is 11.5 Å². The minimum Gasteiger partial charge on any atom is -0.436 e. The van der Waals surface area contributed by atoms with Crippen LogP contribution in [0.4, 0.5) is 4.39 Å². The number of para-hydroxylation sites is 1. The molecule has 0 amide bonds. The highest BCUT2D eigenvalue weighted by Gasteiger charge is 2.10.